The van der Waals surface area contributed by atoms with Gasteiger partial charge in [-0.3, -0.25) is 19.8 Å². The maximum atomic E-state index is 13.0. The smallest absolute Gasteiger partial charge is 0.231 e. The van der Waals surface area contributed by atoms with Crippen LogP contribution in [0.2, 0.25) is 0 Å². The highest BCUT2D eigenvalue weighted by Crippen LogP contribution is 2.47. The summed E-state index contributed by atoms with van der Waals surface area (Å²) >= 11 is 0. The number of piperidine rings is 1. The van der Waals surface area contributed by atoms with Crippen molar-refractivity contribution in [3.63, 3.8) is 0 Å². The van der Waals surface area contributed by atoms with E-state index in [0.717, 1.165) is 25.7 Å². The molecule has 31 heavy (non-hydrogen) atoms. The van der Waals surface area contributed by atoms with Gasteiger partial charge in [-0.25, -0.2) is 0 Å². The molecule has 8 nitrogen and oxygen atoms in total. The average Bonchev–Trinajstić information content (AvgIpc) is 2.74. The van der Waals surface area contributed by atoms with Crippen LogP contribution >= 0.6 is 0 Å². The van der Waals surface area contributed by atoms with Crippen LogP contribution in [0.1, 0.15) is 64.7 Å². The lowest BCUT2D eigenvalue weighted by Gasteiger charge is -2.44. The first-order chi connectivity index (χ1) is 14.9. The molecule has 2 amide bonds. The number of hydrogen-bond donors (Lipinski definition) is 3. The largest absolute Gasteiger partial charge is 0.504 e. The summed E-state index contributed by atoms with van der Waals surface area (Å²) in [6.45, 7) is 2.80. The minimum atomic E-state index is -0.395. The number of carbonyl (C=O) groups excluding carboxylic acids is 2. The summed E-state index contributed by atoms with van der Waals surface area (Å²) in [5.74, 6) is -0.0901. The number of ether oxygens (including phenoxy) is 2. The Morgan fingerprint density at radius 2 is 1.74 bits per heavy atom. The van der Waals surface area contributed by atoms with Crippen molar-refractivity contribution < 1.29 is 29.3 Å². The third kappa shape index (κ3) is 4.44. The fourth-order valence-electron chi connectivity index (χ4n) is 5.23. The van der Waals surface area contributed by atoms with Gasteiger partial charge in [0.1, 0.15) is 12.7 Å². The van der Waals surface area contributed by atoms with Gasteiger partial charge in [-0.1, -0.05) is 26.2 Å². The molecule has 1 saturated carbocycles. The van der Waals surface area contributed by atoms with E-state index in [1.807, 2.05) is 6.92 Å². The molecule has 3 N–H and O–H groups in total. The van der Waals surface area contributed by atoms with Crippen molar-refractivity contribution in [2.75, 3.05) is 13.2 Å². The van der Waals surface area contributed by atoms with Crippen molar-refractivity contribution in [3.8, 4) is 23.0 Å². The maximum absolute atomic E-state index is 13.0. The number of fused-ring (bicyclic) bond motifs is 1. The minimum absolute atomic E-state index is 0.0853. The second-order valence-corrected chi connectivity index (χ2v) is 9.04. The zero-order valence-corrected chi connectivity index (χ0v) is 18.1. The molecule has 1 saturated heterocycles. The molecule has 1 spiro atoms. The van der Waals surface area contributed by atoms with Gasteiger partial charge in [0.05, 0.1) is 6.17 Å². The van der Waals surface area contributed by atoms with Gasteiger partial charge in [0.2, 0.25) is 23.3 Å². The number of likely N-dealkylation sites (tertiary alicyclic amines) is 1. The standard InChI is InChI=1S/C23H32N2O6/c1-2-24-18(25-19(28)12-23(13-20(25)29)10-4-3-5-11-23)9-6-15-14-30-21-16(26)7-8-17(27)22(21)31-15/h7-8,15,18,24,26-27H,2-6,9-14H2,1H3. The number of rotatable bonds is 6. The molecule has 170 valence electrons. The quantitative estimate of drug-likeness (QED) is 0.468. The number of nitrogens with one attached hydrogen (secondary N) is 1. The Bertz CT molecular complexity index is 816. The molecule has 8 heteroatoms. The van der Waals surface area contributed by atoms with E-state index in [9.17, 15) is 19.8 Å². The van der Waals surface area contributed by atoms with E-state index in [4.69, 9.17) is 9.47 Å². The molecule has 2 unspecified atom stereocenters. The van der Waals surface area contributed by atoms with E-state index in [1.54, 1.807) is 0 Å². The first-order valence-corrected chi connectivity index (χ1v) is 11.3. The predicted octanol–water partition coefficient (Wildman–Crippen LogP) is 3.05. The number of phenolic OH excluding ortho intramolecular Hbond substituents is 2. The lowest BCUT2D eigenvalue weighted by molar-refractivity contribution is -0.159. The second-order valence-electron chi connectivity index (χ2n) is 9.04. The number of phenols is 2. The number of aromatic hydroxyl groups is 2. The van der Waals surface area contributed by atoms with E-state index >= 15 is 0 Å². The summed E-state index contributed by atoms with van der Waals surface area (Å²) < 4.78 is 11.5. The monoisotopic (exact) mass is 432 g/mol. The molecule has 2 heterocycles. The highest BCUT2D eigenvalue weighted by molar-refractivity contribution is 5.98. The Balaban J connectivity index is 1.41. The Labute approximate surface area is 182 Å². The van der Waals surface area contributed by atoms with Crippen LogP contribution in [0.5, 0.6) is 23.0 Å². The SMILES string of the molecule is CCNC(CCC1COc2c(O)ccc(O)c2O1)N1C(=O)CC2(CCCCC2)CC1=O. The van der Waals surface area contributed by atoms with Crippen molar-refractivity contribution in [1.82, 2.24) is 10.2 Å². The topological polar surface area (TPSA) is 108 Å². The second kappa shape index (κ2) is 8.94. The highest BCUT2D eigenvalue weighted by atomic mass is 16.6. The lowest BCUT2D eigenvalue weighted by atomic mass is 9.67. The van der Waals surface area contributed by atoms with Crippen LogP contribution in [0.15, 0.2) is 12.1 Å². The van der Waals surface area contributed by atoms with Crippen molar-refractivity contribution >= 4 is 11.8 Å². The molecule has 2 atom stereocenters. The third-order valence-corrected chi connectivity index (χ3v) is 6.79. The van der Waals surface area contributed by atoms with Crippen LogP contribution in [0.4, 0.5) is 0 Å². The average molecular weight is 433 g/mol. The molecule has 2 fully saturated rings. The van der Waals surface area contributed by atoms with Gasteiger partial charge in [-0.05, 0) is 49.8 Å². The summed E-state index contributed by atoms with van der Waals surface area (Å²) in [6, 6.07) is 2.71. The first kappa shape index (κ1) is 21.7. The van der Waals surface area contributed by atoms with Gasteiger partial charge in [0.25, 0.3) is 0 Å². The third-order valence-electron chi connectivity index (χ3n) is 6.79. The van der Waals surface area contributed by atoms with Crippen molar-refractivity contribution in [2.24, 2.45) is 5.41 Å². The summed E-state index contributed by atoms with van der Waals surface area (Å²) in [7, 11) is 0. The van der Waals surface area contributed by atoms with Crippen LogP contribution in [0.3, 0.4) is 0 Å². The number of carbonyl (C=O) groups is 2. The highest BCUT2D eigenvalue weighted by Gasteiger charge is 2.46. The van der Waals surface area contributed by atoms with E-state index in [-0.39, 0.29) is 52.9 Å². The molecular weight excluding hydrogens is 400 g/mol. The van der Waals surface area contributed by atoms with E-state index in [1.165, 1.54) is 23.5 Å². The van der Waals surface area contributed by atoms with Crippen molar-refractivity contribution in [3.05, 3.63) is 12.1 Å². The Kier molecular flexibility index (Phi) is 6.27. The van der Waals surface area contributed by atoms with Gasteiger partial charge >= 0.3 is 0 Å². The molecule has 1 aromatic rings. The van der Waals surface area contributed by atoms with E-state index in [2.05, 4.69) is 5.32 Å². The Morgan fingerprint density at radius 3 is 2.39 bits per heavy atom. The molecule has 1 aliphatic carbocycles. The first-order valence-electron chi connectivity index (χ1n) is 11.3. The molecule has 0 radical (unpaired) electrons. The maximum Gasteiger partial charge on any atom is 0.231 e. The summed E-state index contributed by atoms with van der Waals surface area (Å²) in [6.07, 6.45) is 6.49. The Hall–Kier alpha value is -2.48. The normalized spacial score (nSPS) is 23.8. The fourth-order valence-corrected chi connectivity index (χ4v) is 5.23. The molecule has 0 aromatic heterocycles. The lowest BCUT2D eigenvalue weighted by Crippen LogP contribution is -2.57. The summed E-state index contributed by atoms with van der Waals surface area (Å²) in [5, 5.41) is 23.2. The van der Waals surface area contributed by atoms with Gasteiger partial charge < -0.3 is 19.7 Å². The van der Waals surface area contributed by atoms with Crippen LogP contribution < -0.4 is 14.8 Å². The van der Waals surface area contributed by atoms with Crippen LogP contribution in [-0.4, -0.2) is 52.3 Å². The van der Waals surface area contributed by atoms with Gasteiger partial charge in [0.15, 0.2) is 11.5 Å². The van der Waals surface area contributed by atoms with Gasteiger partial charge in [-0.15, -0.1) is 0 Å². The number of imide groups is 1. The van der Waals surface area contributed by atoms with Gasteiger partial charge in [-0.2, -0.15) is 0 Å². The molecule has 1 aromatic carbocycles. The van der Waals surface area contributed by atoms with Gasteiger partial charge in [0, 0.05) is 12.8 Å². The fraction of sp³-hybridized carbons (Fsp3) is 0.652. The zero-order chi connectivity index (χ0) is 22.0. The predicted molar refractivity (Wildman–Crippen MR) is 113 cm³/mol. The molecule has 2 aliphatic heterocycles. The summed E-state index contributed by atoms with van der Waals surface area (Å²) in [4.78, 5) is 27.5. The van der Waals surface area contributed by atoms with Crippen LogP contribution in [0, 0.1) is 5.41 Å². The molecule has 3 aliphatic rings. The number of amides is 2. The number of benzene rings is 1. The van der Waals surface area contributed by atoms with Crippen LogP contribution in [-0.2, 0) is 9.59 Å². The van der Waals surface area contributed by atoms with Crippen LogP contribution in [0.25, 0.3) is 0 Å². The van der Waals surface area contributed by atoms with Crippen molar-refractivity contribution in [2.45, 2.75) is 77.0 Å². The van der Waals surface area contributed by atoms with E-state index < -0.39 is 6.17 Å². The number of hydrogen-bond acceptors (Lipinski definition) is 7. The summed E-state index contributed by atoms with van der Waals surface area (Å²) in [5.41, 5.74) is -0.136. The van der Waals surface area contributed by atoms with Crippen molar-refractivity contribution in [1.29, 1.82) is 0 Å². The van der Waals surface area contributed by atoms with E-state index in [0.29, 0.717) is 32.2 Å². The Morgan fingerprint density at radius 1 is 1.10 bits per heavy atom. The molecule has 4 rings (SSSR count). The zero-order valence-electron chi connectivity index (χ0n) is 18.1. The molecular formula is C23H32N2O6. The molecule has 0 bridgehead atoms. The number of nitrogens with zero attached hydrogens (tertiary/aromatic N) is 1. The minimum Gasteiger partial charge on any atom is -0.504 e.